The largest absolute Gasteiger partial charge is 0.480 e. The number of benzene rings is 1. The van der Waals surface area contributed by atoms with Crippen molar-refractivity contribution < 1.29 is 14.7 Å². The van der Waals surface area contributed by atoms with E-state index < -0.39 is 5.97 Å². The lowest BCUT2D eigenvalue weighted by Crippen LogP contribution is -2.33. The van der Waals surface area contributed by atoms with Crippen LogP contribution in [0.3, 0.4) is 0 Å². The Kier molecular flexibility index (Phi) is 5.00. The zero-order chi connectivity index (χ0) is 12.7. The highest BCUT2D eigenvalue weighted by Gasteiger charge is 2.11. The van der Waals surface area contributed by atoms with E-state index in [9.17, 15) is 9.59 Å². The molecule has 1 rings (SSSR count). The minimum atomic E-state index is -0.911. The minimum Gasteiger partial charge on any atom is -0.480 e. The summed E-state index contributed by atoms with van der Waals surface area (Å²) < 4.78 is 0. The fourth-order valence-corrected chi connectivity index (χ4v) is 1.46. The second kappa shape index (κ2) is 6.52. The molecule has 0 aliphatic carbocycles. The zero-order valence-electron chi connectivity index (χ0n) is 9.72. The van der Waals surface area contributed by atoms with E-state index in [1.807, 2.05) is 30.3 Å². The van der Waals surface area contributed by atoms with Gasteiger partial charge in [-0.15, -0.1) is 0 Å². The Hall–Kier alpha value is -2.04. The molecular formula is C12H16N2O3. The van der Waals surface area contributed by atoms with Gasteiger partial charge in [-0.05, 0) is 12.1 Å². The van der Waals surface area contributed by atoms with E-state index in [1.165, 1.54) is 0 Å². The van der Waals surface area contributed by atoms with Crippen molar-refractivity contribution in [2.24, 2.45) is 0 Å². The molecule has 0 aliphatic rings. The number of rotatable bonds is 6. The first kappa shape index (κ1) is 13.0. The van der Waals surface area contributed by atoms with Crippen LogP contribution in [-0.4, -0.2) is 37.1 Å². The number of hydrogen-bond acceptors (Lipinski definition) is 3. The standard InChI is InChI=1S/C12H16N2O3/c1-13-11(15)7-8-14(9-12(16)17)10-5-3-2-4-6-10/h2-6H,7-9H2,1H3,(H,13,15)(H,16,17). The fraction of sp³-hybridized carbons (Fsp3) is 0.333. The van der Waals surface area contributed by atoms with Gasteiger partial charge in [-0.1, -0.05) is 18.2 Å². The highest BCUT2D eigenvalue weighted by atomic mass is 16.4. The van der Waals surface area contributed by atoms with Crippen molar-refractivity contribution in [2.75, 3.05) is 25.0 Å². The molecule has 0 atom stereocenters. The van der Waals surface area contributed by atoms with Gasteiger partial charge in [0.25, 0.3) is 0 Å². The molecule has 0 aliphatic heterocycles. The Bertz CT molecular complexity index is 379. The number of para-hydroxylation sites is 1. The molecule has 17 heavy (non-hydrogen) atoms. The van der Waals surface area contributed by atoms with Crippen LogP contribution in [0.1, 0.15) is 6.42 Å². The van der Waals surface area contributed by atoms with E-state index in [0.717, 1.165) is 5.69 Å². The average Bonchev–Trinajstić information content (AvgIpc) is 2.34. The lowest BCUT2D eigenvalue weighted by Gasteiger charge is -2.22. The van der Waals surface area contributed by atoms with Gasteiger partial charge in [-0.3, -0.25) is 9.59 Å². The molecule has 1 amide bonds. The van der Waals surface area contributed by atoms with Crippen molar-refractivity contribution in [3.63, 3.8) is 0 Å². The number of carbonyl (C=O) groups is 2. The topological polar surface area (TPSA) is 69.6 Å². The van der Waals surface area contributed by atoms with Crippen molar-refractivity contribution in [3.05, 3.63) is 30.3 Å². The highest BCUT2D eigenvalue weighted by molar-refractivity contribution is 5.77. The maximum absolute atomic E-state index is 11.1. The molecule has 0 unspecified atom stereocenters. The van der Waals surface area contributed by atoms with Gasteiger partial charge in [0.05, 0.1) is 0 Å². The van der Waals surface area contributed by atoms with Crippen molar-refractivity contribution in [2.45, 2.75) is 6.42 Å². The van der Waals surface area contributed by atoms with Gasteiger partial charge in [0, 0.05) is 25.7 Å². The average molecular weight is 236 g/mol. The normalized spacial score (nSPS) is 9.71. The van der Waals surface area contributed by atoms with Crippen molar-refractivity contribution in [3.8, 4) is 0 Å². The molecule has 5 heteroatoms. The van der Waals surface area contributed by atoms with Gasteiger partial charge < -0.3 is 15.3 Å². The van der Waals surface area contributed by atoms with Crippen LogP contribution < -0.4 is 10.2 Å². The summed E-state index contributed by atoms with van der Waals surface area (Å²) in [4.78, 5) is 23.6. The first-order valence-electron chi connectivity index (χ1n) is 5.36. The molecule has 0 aromatic heterocycles. The summed E-state index contributed by atoms with van der Waals surface area (Å²) in [6.07, 6.45) is 0.276. The van der Waals surface area contributed by atoms with Crippen LogP contribution in [0, 0.1) is 0 Å². The van der Waals surface area contributed by atoms with Gasteiger partial charge in [-0.25, -0.2) is 0 Å². The lowest BCUT2D eigenvalue weighted by molar-refractivity contribution is -0.135. The third-order valence-electron chi connectivity index (χ3n) is 2.34. The van der Waals surface area contributed by atoms with Crippen molar-refractivity contribution in [1.29, 1.82) is 0 Å². The maximum Gasteiger partial charge on any atom is 0.323 e. The van der Waals surface area contributed by atoms with E-state index >= 15 is 0 Å². The molecular weight excluding hydrogens is 220 g/mol. The van der Waals surface area contributed by atoms with Gasteiger partial charge in [0.1, 0.15) is 6.54 Å². The van der Waals surface area contributed by atoms with Crippen molar-refractivity contribution in [1.82, 2.24) is 5.32 Å². The zero-order valence-corrected chi connectivity index (χ0v) is 9.72. The molecule has 0 saturated heterocycles. The smallest absolute Gasteiger partial charge is 0.323 e. The molecule has 0 saturated carbocycles. The molecule has 2 N–H and O–H groups in total. The molecule has 5 nitrogen and oxygen atoms in total. The predicted molar refractivity (Wildman–Crippen MR) is 65.0 cm³/mol. The van der Waals surface area contributed by atoms with E-state index in [-0.39, 0.29) is 18.9 Å². The molecule has 0 heterocycles. The molecule has 0 spiro atoms. The Morgan fingerprint density at radius 1 is 1.29 bits per heavy atom. The summed E-state index contributed by atoms with van der Waals surface area (Å²) in [7, 11) is 1.56. The third-order valence-corrected chi connectivity index (χ3v) is 2.34. The van der Waals surface area contributed by atoms with Crippen LogP contribution in [0.15, 0.2) is 30.3 Å². The van der Waals surface area contributed by atoms with Crippen LogP contribution in [0.5, 0.6) is 0 Å². The summed E-state index contributed by atoms with van der Waals surface area (Å²) in [5, 5.41) is 11.3. The van der Waals surface area contributed by atoms with E-state index in [4.69, 9.17) is 5.11 Å². The third kappa shape index (κ3) is 4.55. The van der Waals surface area contributed by atoms with E-state index in [0.29, 0.717) is 6.54 Å². The van der Waals surface area contributed by atoms with Gasteiger partial charge in [-0.2, -0.15) is 0 Å². The Balaban J connectivity index is 2.67. The number of carboxylic acid groups (broad SMARTS) is 1. The number of nitrogens with zero attached hydrogens (tertiary/aromatic N) is 1. The van der Waals surface area contributed by atoms with Gasteiger partial charge in [0.2, 0.25) is 5.91 Å². The summed E-state index contributed by atoms with van der Waals surface area (Å²) in [5.74, 6) is -1.01. The van der Waals surface area contributed by atoms with Gasteiger partial charge >= 0.3 is 5.97 Å². The quantitative estimate of drug-likeness (QED) is 0.763. The number of carbonyl (C=O) groups excluding carboxylic acids is 1. The van der Waals surface area contributed by atoms with Gasteiger partial charge in [0.15, 0.2) is 0 Å². The molecule has 0 bridgehead atoms. The minimum absolute atomic E-state index is 0.101. The Labute approximate surface area is 100 Å². The van der Waals surface area contributed by atoms with Crippen LogP contribution in [0.4, 0.5) is 5.69 Å². The molecule has 0 fully saturated rings. The maximum atomic E-state index is 11.1. The first-order valence-corrected chi connectivity index (χ1v) is 5.36. The van der Waals surface area contributed by atoms with Crippen LogP contribution in [0.25, 0.3) is 0 Å². The van der Waals surface area contributed by atoms with E-state index in [2.05, 4.69) is 5.32 Å². The molecule has 92 valence electrons. The summed E-state index contributed by atoms with van der Waals surface area (Å²) >= 11 is 0. The number of aliphatic carboxylic acids is 1. The SMILES string of the molecule is CNC(=O)CCN(CC(=O)O)c1ccccc1. The second-order valence-corrected chi connectivity index (χ2v) is 3.57. The van der Waals surface area contributed by atoms with Crippen molar-refractivity contribution >= 4 is 17.6 Å². The first-order chi connectivity index (χ1) is 8.13. The summed E-state index contributed by atoms with van der Waals surface area (Å²) in [6, 6.07) is 9.19. The Morgan fingerprint density at radius 2 is 1.94 bits per heavy atom. The number of carboxylic acids is 1. The van der Waals surface area contributed by atoms with Crippen LogP contribution in [-0.2, 0) is 9.59 Å². The predicted octanol–water partition coefficient (Wildman–Crippen LogP) is 0.714. The lowest BCUT2D eigenvalue weighted by atomic mass is 10.2. The molecule has 1 aromatic carbocycles. The number of amides is 1. The summed E-state index contributed by atoms with van der Waals surface area (Å²) in [5.41, 5.74) is 0.804. The number of hydrogen-bond donors (Lipinski definition) is 2. The monoisotopic (exact) mass is 236 g/mol. The molecule has 0 radical (unpaired) electrons. The number of anilines is 1. The fourth-order valence-electron chi connectivity index (χ4n) is 1.46. The highest BCUT2D eigenvalue weighted by Crippen LogP contribution is 2.13. The number of nitrogens with one attached hydrogen (secondary N) is 1. The van der Waals surface area contributed by atoms with E-state index in [1.54, 1.807) is 11.9 Å². The second-order valence-electron chi connectivity index (χ2n) is 3.57. The van der Waals surface area contributed by atoms with Crippen LogP contribution >= 0.6 is 0 Å². The Morgan fingerprint density at radius 3 is 2.47 bits per heavy atom. The summed E-state index contributed by atoms with van der Waals surface area (Å²) in [6.45, 7) is 0.275. The van der Waals surface area contributed by atoms with Crippen LogP contribution in [0.2, 0.25) is 0 Å². The molecule has 1 aromatic rings.